The van der Waals surface area contributed by atoms with Crippen LogP contribution in [-0.4, -0.2) is 6.21 Å². The summed E-state index contributed by atoms with van der Waals surface area (Å²) >= 11 is 0. The quantitative estimate of drug-likeness (QED) is 0.442. The zero-order chi connectivity index (χ0) is 15.7. The van der Waals surface area contributed by atoms with Crippen molar-refractivity contribution in [1.82, 2.24) is 0 Å². The third-order valence-electron chi connectivity index (χ3n) is 4.07. The van der Waals surface area contributed by atoms with Crippen LogP contribution in [0.5, 0.6) is 5.75 Å². The van der Waals surface area contributed by atoms with E-state index in [0.717, 1.165) is 16.9 Å². The van der Waals surface area contributed by atoms with Gasteiger partial charge >= 0.3 is 0 Å². The molecule has 0 amide bonds. The van der Waals surface area contributed by atoms with Crippen molar-refractivity contribution < 1.29 is 4.84 Å². The number of nitrogens with zero attached hydrogens (tertiary/aromatic N) is 1. The minimum Gasteiger partial charge on any atom is -0.357 e. The molecule has 1 fully saturated rings. The largest absolute Gasteiger partial charge is 0.357 e. The zero-order valence-corrected chi connectivity index (χ0v) is 13.2. The summed E-state index contributed by atoms with van der Waals surface area (Å²) in [5, 5.41) is 4.07. The van der Waals surface area contributed by atoms with Gasteiger partial charge in [-0.05, 0) is 31.0 Å². The number of hydrogen-bond donors (Lipinski definition) is 0. The Bertz CT molecular complexity index is 703. The Morgan fingerprint density at radius 2 is 1.65 bits per heavy atom. The first-order valence-corrected chi connectivity index (χ1v) is 8.28. The average molecular weight is 303 g/mol. The van der Waals surface area contributed by atoms with E-state index in [1.807, 2.05) is 54.6 Å². The summed E-state index contributed by atoms with van der Waals surface area (Å²) in [5.41, 5.74) is 2.00. The van der Waals surface area contributed by atoms with Gasteiger partial charge in [0, 0.05) is 17.0 Å². The first-order valence-electron chi connectivity index (χ1n) is 8.28. The van der Waals surface area contributed by atoms with Crippen LogP contribution in [0.2, 0.25) is 0 Å². The number of rotatable bonds is 3. The van der Waals surface area contributed by atoms with Gasteiger partial charge in [0.1, 0.15) is 0 Å². The summed E-state index contributed by atoms with van der Waals surface area (Å²) in [5.74, 6) is 8.05. The molecule has 0 bridgehead atoms. The molecule has 1 saturated carbocycles. The second-order valence-electron chi connectivity index (χ2n) is 5.83. The summed E-state index contributed by atoms with van der Waals surface area (Å²) < 4.78 is 0. The van der Waals surface area contributed by atoms with E-state index < -0.39 is 0 Å². The van der Waals surface area contributed by atoms with E-state index in [-0.39, 0.29) is 0 Å². The molecule has 0 unspecified atom stereocenters. The van der Waals surface area contributed by atoms with Crippen LogP contribution in [0.4, 0.5) is 0 Å². The number of para-hydroxylation sites is 1. The van der Waals surface area contributed by atoms with Gasteiger partial charge in [0.25, 0.3) is 0 Å². The van der Waals surface area contributed by atoms with Crippen molar-refractivity contribution >= 4 is 6.21 Å². The Labute approximate surface area is 138 Å². The predicted molar refractivity (Wildman–Crippen MR) is 94.6 cm³/mol. The Kier molecular flexibility index (Phi) is 5.48. The fraction of sp³-hybridized carbons (Fsp3) is 0.286. The van der Waals surface area contributed by atoms with Gasteiger partial charge in [0.15, 0.2) is 5.75 Å². The fourth-order valence-electron chi connectivity index (χ4n) is 2.78. The van der Waals surface area contributed by atoms with E-state index in [4.69, 9.17) is 4.84 Å². The normalized spacial score (nSPS) is 15.1. The van der Waals surface area contributed by atoms with Crippen molar-refractivity contribution in [2.24, 2.45) is 11.1 Å². The lowest BCUT2D eigenvalue weighted by Gasteiger charge is -2.15. The maximum Gasteiger partial charge on any atom is 0.157 e. The molecule has 0 saturated heterocycles. The molecular formula is C21H21NO. The monoisotopic (exact) mass is 303 g/mol. The van der Waals surface area contributed by atoms with Crippen LogP contribution in [0.1, 0.15) is 43.2 Å². The Morgan fingerprint density at radius 1 is 0.913 bits per heavy atom. The van der Waals surface area contributed by atoms with E-state index in [9.17, 15) is 0 Å². The number of oxime groups is 1. The van der Waals surface area contributed by atoms with Crippen molar-refractivity contribution in [3.63, 3.8) is 0 Å². The highest BCUT2D eigenvalue weighted by Gasteiger charge is 2.10. The van der Waals surface area contributed by atoms with Crippen LogP contribution in [0, 0.1) is 17.8 Å². The Balaban J connectivity index is 1.69. The molecule has 0 aliphatic heterocycles. The second-order valence-corrected chi connectivity index (χ2v) is 5.83. The zero-order valence-electron chi connectivity index (χ0n) is 13.2. The maximum absolute atomic E-state index is 5.38. The van der Waals surface area contributed by atoms with Crippen molar-refractivity contribution in [2.45, 2.75) is 32.1 Å². The maximum atomic E-state index is 5.38. The lowest BCUT2D eigenvalue weighted by molar-refractivity contribution is 0.344. The van der Waals surface area contributed by atoms with Crippen LogP contribution in [0.25, 0.3) is 0 Å². The van der Waals surface area contributed by atoms with Gasteiger partial charge in [0.2, 0.25) is 0 Å². The molecular weight excluding hydrogens is 282 g/mol. The molecule has 0 heterocycles. The highest BCUT2D eigenvalue weighted by molar-refractivity contribution is 5.83. The minimum absolute atomic E-state index is 0.550. The van der Waals surface area contributed by atoms with Gasteiger partial charge in [-0.2, -0.15) is 0 Å². The predicted octanol–water partition coefficient (Wildman–Crippen LogP) is 5.03. The summed E-state index contributed by atoms with van der Waals surface area (Å²) in [7, 11) is 0. The molecule has 3 rings (SSSR count). The van der Waals surface area contributed by atoms with Gasteiger partial charge in [0.05, 0.1) is 6.21 Å². The van der Waals surface area contributed by atoms with Gasteiger partial charge in [-0.1, -0.05) is 72.7 Å². The average Bonchev–Trinajstić information content (AvgIpc) is 2.63. The Morgan fingerprint density at radius 3 is 2.48 bits per heavy atom. The highest BCUT2D eigenvalue weighted by atomic mass is 16.6. The van der Waals surface area contributed by atoms with E-state index in [1.54, 1.807) is 6.21 Å². The minimum atomic E-state index is 0.550. The van der Waals surface area contributed by atoms with E-state index >= 15 is 0 Å². The SMILES string of the molecule is C(#CC1CCCCC1)c1ccccc1/C=N/Oc1ccccc1. The third-order valence-corrected chi connectivity index (χ3v) is 4.07. The van der Waals surface area contributed by atoms with Crippen molar-refractivity contribution in [1.29, 1.82) is 0 Å². The molecule has 1 aliphatic carbocycles. The summed E-state index contributed by atoms with van der Waals surface area (Å²) in [4.78, 5) is 5.38. The standard InChI is InChI=1S/C21H21NO/c1-3-9-18(10-4-1)15-16-19-11-7-8-12-20(19)17-22-23-21-13-5-2-6-14-21/h2,5-8,11-14,17-18H,1,3-4,9-10H2/b22-17+. The van der Waals surface area contributed by atoms with Crippen LogP contribution >= 0.6 is 0 Å². The van der Waals surface area contributed by atoms with Crippen molar-refractivity contribution in [3.05, 3.63) is 65.7 Å². The van der Waals surface area contributed by atoms with E-state index in [1.165, 1.54) is 32.1 Å². The van der Waals surface area contributed by atoms with Crippen LogP contribution in [-0.2, 0) is 0 Å². The van der Waals surface area contributed by atoms with E-state index in [2.05, 4.69) is 17.0 Å². The van der Waals surface area contributed by atoms with Crippen LogP contribution in [0.3, 0.4) is 0 Å². The van der Waals surface area contributed by atoms with Crippen molar-refractivity contribution in [3.8, 4) is 17.6 Å². The first kappa shape index (κ1) is 15.4. The molecule has 0 radical (unpaired) electrons. The summed E-state index contributed by atoms with van der Waals surface area (Å²) in [6.07, 6.45) is 8.19. The highest BCUT2D eigenvalue weighted by Crippen LogP contribution is 2.22. The molecule has 2 aromatic rings. The molecule has 2 aromatic carbocycles. The lowest BCUT2D eigenvalue weighted by Crippen LogP contribution is -2.03. The molecule has 0 N–H and O–H groups in total. The van der Waals surface area contributed by atoms with Gasteiger partial charge in [-0.15, -0.1) is 0 Å². The van der Waals surface area contributed by atoms with Crippen LogP contribution in [0.15, 0.2) is 59.8 Å². The molecule has 116 valence electrons. The topological polar surface area (TPSA) is 21.6 Å². The second kappa shape index (κ2) is 8.19. The van der Waals surface area contributed by atoms with Crippen LogP contribution < -0.4 is 4.84 Å². The molecule has 2 nitrogen and oxygen atoms in total. The summed E-state index contributed by atoms with van der Waals surface area (Å²) in [6.45, 7) is 0. The molecule has 1 aliphatic rings. The van der Waals surface area contributed by atoms with Crippen molar-refractivity contribution in [2.75, 3.05) is 0 Å². The van der Waals surface area contributed by atoms with Gasteiger partial charge in [-0.3, -0.25) is 0 Å². The molecule has 0 atom stereocenters. The van der Waals surface area contributed by atoms with E-state index in [0.29, 0.717) is 5.92 Å². The molecule has 23 heavy (non-hydrogen) atoms. The first-order chi connectivity index (χ1) is 11.4. The smallest absolute Gasteiger partial charge is 0.157 e. The molecule has 0 spiro atoms. The fourth-order valence-corrected chi connectivity index (χ4v) is 2.78. The lowest BCUT2D eigenvalue weighted by atomic mass is 9.89. The summed E-state index contributed by atoms with van der Waals surface area (Å²) in [6, 6.07) is 17.6. The number of hydrogen-bond acceptors (Lipinski definition) is 2. The molecule has 0 aromatic heterocycles. The van der Waals surface area contributed by atoms with Gasteiger partial charge < -0.3 is 4.84 Å². The Hall–Kier alpha value is -2.53. The molecule has 2 heteroatoms. The third kappa shape index (κ3) is 4.72. The number of benzene rings is 2. The van der Waals surface area contributed by atoms with Gasteiger partial charge in [-0.25, -0.2) is 0 Å².